The van der Waals surface area contributed by atoms with Gasteiger partial charge in [0.2, 0.25) is 0 Å². The van der Waals surface area contributed by atoms with E-state index in [1.165, 1.54) is 0 Å². The Bertz CT molecular complexity index is 1050. The molecule has 6 nitrogen and oxygen atoms in total. The quantitative estimate of drug-likeness (QED) is 0.581. The lowest BCUT2D eigenvalue weighted by Crippen LogP contribution is -2.23. The first kappa shape index (κ1) is 13.5. The van der Waals surface area contributed by atoms with Crippen molar-refractivity contribution >= 4 is 16.6 Å². The first-order chi connectivity index (χ1) is 11.3. The summed E-state index contributed by atoms with van der Waals surface area (Å²) in [4.78, 5) is 21.0. The van der Waals surface area contributed by atoms with Gasteiger partial charge in [0.25, 0.3) is 5.56 Å². The molecule has 0 aliphatic rings. The fourth-order valence-corrected chi connectivity index (χ4v) is 2.78. The van der Waals surface area contributed by atoms with Gasteiger partial charge in [-0.15, -0.1) is 0 Å². The van der Waals surface area contributed by atoms with Gasteiger partial charge < -0.3 is 9.30 Å². The number of pyridine rings is 1. The van der Waals surface area contributed by atoms with Gasteiger partial charge in [0.05, 0.1) is 37.2 Å². The standard InChI is InChI=1S/C17H14N4O2/c1-23-13-4-5-14-15(7-13)21-11-19-9-16(21)17(22)20(14)10-12-3-2-6-18-8-12/h2-9,11H,10H2,1H3. The average molecular weight is 306 g/mol. The van der Waals surface area contributed by atoms with Crippen molar-refractivity contribution in [3.63, 3.8) is 0 Å². The van der Waals surface area contributed by atoms with E-state index < -0.39 is 0 Å². The Morgan fingerprint density at radius 3 is 2.78 bits per heavy atom. The molecule has 0 aliphatic carbocycles. The summed E-state index contributed by atoms with van der Waals surface area (Å²) in [6.07, 6.45) is 6.71. The Morgan fingerprint density at radius 2 is 2.00 bits per heavy atom. The van der Waals surface area contributed by atoms with E-state index in [4.69, 9.17) is 4.74 Å². The monoisotopic (exact) mass is 306 g/mol. The molecule has 4 rings (SSSR count). The summed E-state index contributed by atoms with van der Waals surface area (Å²) < 4.78 is 8.84. The minimum atomic E-state index is -0.0796. The molecule has 23 heavy (non-hydrogen) atoms. The number of aromatic nitrogens is 4. The Balaban J connectivity index is 2.04. The van der Waals surface area contributed by atoms with Gasteiger partial charge in [-0.3, -0.25) is 14.2 Å². The van der Waals surface area contributed by atoms with Crippen LogP contribution in [0.4, 0.5) is 0 Å². The summed E-state index contributed by atoms with van der Waals surface area (Å²) in [5, 5.41) is 0. The number of fused-ring (bicyclic) bond motifs is 3. The predicted molar refractivity (Wildman–Crippen MR) is 86.8 cm³/mol. The van der Waals surface area contributed by atoms with Gasteiger partial charge in [0.15, 0.2) is 0 Å². The number of hydrogen-bond donors (Lipinski definition) is 0. The second-order valence-corrected chi connectivity index (χ2v) is 5.26. The van der Waals surface area contributed by atoms with E-state index in [0.717, 1.165) is 22.3 Å². The summed E-state index contributed by atoms with van der Waals surface area (Å²) in [6, 6.07) is 9.47. The Morgan fingerprint density at radius 1 is 1.09 bits per heavy atom. The van der Waals surface area contributed by atoms with E-state index in [1.54, 1.807) is 41.0 Å². The summed E-state index contributed by atoms with van der Waals surface area (Å²) >= 11 is 0. The largest absolute Gasteiger partial charge is 0.497 e. The number of methoxy groups -OCH3 is 1. The van der Waals surface area contributed by atoms with E-state index in [-0.39, 0.29) is 5.56 Å². The van der Waals surface area contributed by atoms with E-state index in [2.05, 4.69) is 9.97 Å². The molecule has 6 heteroatoms. The van der Waals surface area contributed by atoms with Gasteiger partial charge >= 0.3 is 0 Å². The van der Waals surface area contributed by atoms with Crippen LogP contribution in [0.15, 0.2) is 60.0 Å². The fourth-order valence-electron chi connectivity index (χ4n) is 2.78. The maximum absolute atomic E-state index is 12.8. The number of ether oxygens (including phenoxy) is 1. The SMILES string of the molecule is COc1ccc2c(c1)n1cncc1c(=O)n2Cc1cccnc1. The number of imidazole rings is 1. The molecule has 3 heterocycles. The van der Waals surface area contributed by atoms with E-state index in [9.17, 15) is 4.79 Å². The molecular formula is C17H14N4O2. The van der Waals surface area contributed by atoms with Gasteiger partial charge in [-0.25, -0.2) is 4.98 Å². The van der Waals surface area contributed by atoms with Crippen LogP contribution in [0.2, 0.25) is 0 Å². The van der Waals surface area contributed by atoms with Gasteiger partial charge in [0.1, 0.15) is 11.3 Å². The van der Waals surface area contributed by atoms with Gasteiger partial charge in [-0.2, -0.15) is 0 Å². The Hall–Kier alpha value is -3.15. The molecule has 0 atom stereocenters. The lowest BCUT2D eigenvalue weighted by molar-refractivity contribution is 0.415. The molecule has 0 saturated heterocycles. The molecule has 3 aromatic heterocycles. The van der Waals surface area contributed by atoms with Gasteiger partial charge in [-0.05, 0) is 23.8 Å². The molecule has 0 fully saturated rings. The molecule has 1 aromatic carbocycles. The molecule has 114 valence electrons. The summed E-state index contributed by atoms with van der Waals surface area (Å²) in [7, 11) is 1.62. The molecular weight excluding hydrogens is 292 g/mol. The molecule has 0 spiro atoms. The van der Waals surface area contributed by atoms with E-state index in [1.807, 2.05) is 30.3 Å². The van der Waals surface area contributed by atoms with Crippen LogP contribution in [0.25, 0.3) is 16.6 Å². The Kier molecular flexibility index (Phi) is 3.08. The molecule has 4 aromatic rings. The predicted octanol–water partition coefficient (Wildman–Crippen LogP) is 2.10. The molecule has 0 radical (unpaired) electrons. The first-order valence-corrected chi connectivity index (χ1v) is 7.19. The third-order valence-electron chi connectivity index (χ3n) is 3.90. The highest BCUT2D eigenvalue weighted by atomic mass is 16.5. The lowest BCUT2D eigenvalue weighted by Gasteiger charge is -2.13. The van der Waals surface area contributed by atoms with Crippen molar-refractivity contribution in [1.82, 2.24) is 18.9 Å². The highest BCUT2D eigenvalue weighted by Crippen LogP contribution is 2.21. The third-order valence-corrected chi connectivity index (χ3v) is 3.90. The van der Waals surface area contributed by atoms with Crippen molar-refractivity contribution in [2.75, 3.05) is 7.11 Å². The zero-order chi connectivity index (χ0) is 15.8. The van der Waals surface area contributed by atoms with Crippen LogP contribution < -0.4 is 10.3 Å². The zero-order valence-corrected chi connectivity index (χ0v) is 12.5. The maximum atomic E-state index is 12.8. The maximum Gasteiger partial charge on any atom is 0.277 e. The van der Waals surface area contributed by atoms with Crippen molar-refractivity contribution in [2.45, 2.75) is 6.54 Å². The van der Waals surface area contributed by atoms with Crippen molar-refractivity contribution < 1.29 is 4.74 Å². The number of hydrogen-bond acceptors (Lipinski definition) is 4. The van der Waals surface area contributed by atoms with Crippen LogP contribution >= 0.6 is 0 Å². The molecule has 0 bridgehead atoms. The van der Waals surface area contributed by atoms with E-state index in [0.29, 0.717) is 12.1 Å². The van der Waals surface area contributed by atoms with Crippen LogP contribution in [0.1, 0.15) is 5.56 Å². The first-order valence-electron chi connectivity index (χ1n) is 7.19. The van der Waals surface area contributed by atoms with Crippen molar-refractivity contribution in [3.8, 4) is 5.75 Å². The van der Waals surface area contributed by atoms with Gasteiger partial charge in [-0.1, -0.05) is 6.07 Å². The molecule has 0 aliphatic heterocycles. The second kappa shape index (κ2) is 5.24. The van der Waals surface area contributed by atoms with Crippen LogP contribution in [-0.4, -0.2) is 26.0 Å². The fraction of sp³-hybridized carbons (Fsp3) is 0.118. The highest BCUT2D eigenvalue weighted by molar-refractivity contribution is 5.80. The zero-order valence-electron chi connectivity index (χ0n) is 12.5. The molecule has 0 N–H and O–H groups in total. The molecule has 0 saturated carbocycles. The van der Waals surface area contributed by atoms with Crippen LogP contribution in [-0.2, 0) is 6.54 Å². The van der Waals surface area contributed by atoms with Crippen molar-refractivity contribution in [1.29, 1.82) is 0 Å². The normalized spacial score (nSPS) is 11.2. The minimum absolute atomic E-state index is 0.0796. The molecule has 0 unspecified atom stereocenters. The van der Waals surface area contributed by atoms with E-state index >= 15 is 0 Å². The minimum Gasteiger partial charge on any atom is -0.497 e. The number of rotatable bonds is 3. The van der Waals surface area contributed by atoms with Crippen molar-refractivity contribution in [2.24, 2.45) is 0 Å². The number of nitrogens with zero attached hydrogens (tertiary/aromatic N) is 4. The smallest absolute Gasteiger partial charge is 0.277 e. The molecule has 0 amide bonds. The van der Waals surface area contributed by atoms with Gasteiger partial charge in [0, 0.05) is 18.5 Å². The Labute approximate surface area is 131 Å². The summed E-state index contributed by atoms with van der Waals surface area (Å²) in [5.41, 5.74) is 3.12. The topological polar surface area (TPSA) is 61.4 Å². The number of benzene rings is 1. The second-order valence-electron chi connectivity index (χ2n) is 5.26. The highest BCUT2D eigenvalue weighted by Gasteiger charge is 2.12. The average Bonchev–Trinajstić information content (AvgIpc) is 3.09. The van der Waals surface area contributed by atoms with Crippen LogP contribution in [0.3, 0.4) is 0 Å². The third kappa shape index (κ3) is 2.15. The van der Waals surface area contributed by atoms with Crippen molar-refractivity contribution in [3.05, 3.63) is 71.2 Å². The van der Waals surface area contributed by atoms with Crippen LogP contribution in [0.5, 0.6) is 5.75 Å². The summed E-state index contributed by atoms with van der Waals surface area (Å²) in [5.74, 6) is 0.735. The van der Waals surface area contributed by atoms with Crippen LogP contribution in [0, 0.1) is 0 Å². The summed E-state index contributed by atoms with van der Waals surface area (Å²) in [6.45, 7) is 0.456. The lowest BCUT2D eigenvalue weighted by atomic mass is 10.2.